The fourth-order valence-corrected chi connectivity index (χ4v) is 2.41. The van der Waals surface area contributed by atoms with Crippen molar-refractivity contribution in [3.63, 3.8) is 0 Å². The van der Waals surface area contributed by atoms with Crippen LogP contribution in [0, 0.1) is 5.82 Å². The van der Waals surface area contributed by atoms with E-state index in [1.807, 2.05) is 0 Å². The zero-order chi connectivity index (χ0) is 13.7. The Morgan fingerprint density at radius 1 is 1.47 bits per heavy atom. The summed E-state index contributed by atoms with van der Waals surface area (Å²) in [6.07, 6.45) is 2.83. The van der Waals surface area contributed by atoms with Crippen LogP contribution in [-0.4, -0.2) is 11.5 Å². The van der Waals surface area contributed by atoms with E-state index in [0.29, 0.717) is 16.8 Å². The molecule has 0 atom stereocenters. The number of aromatic nitrogens is 1. The van der Waals surface area contributed by atoms with Gasteiger partial charge in [0.05, 0.1) is 9.35 Å². The van der Waals surface area contributed by atoms with Crippen molar-refractivity contribution in [2.75, 3.05) is 11.9 Å². The van der Waals surface area contributed by atoms with Gasteiger partial charge in [-0.25, -0.2) is 9.37 Å². The summed E-state index contributed by atoms with van der Waals surface area (Å²) in [5.41, 5.74) is 0. The number of halogens is 2. The molecular formula is C13H14BrFN2OS. The fraction of sp³-hybridized carbons (Fsp3) is 0.308. The summed E-state index contributed by atoms with van der Waals surface area (Å²) in [5, 5.41) is 4.11. The van der Waals surface area contributed by atoms with Gasteiger partial charge < -0.3 is 10.1 Å². The normalized spacial score (nSPS) is 10.5. The van der Waals surface area contributed by atoms with Crippen molar-refractivity contribution >= 4 is 32.4 Å². The maximum atomic E-state index is 13.3. The van der Waals surface area contributed by atoms with Crippen LogP contribution in [0.25, 0.3) is 0 Å². The molecule has 3 nitrogen and oxygen atoms in total. The molecule has 6 heteroatoms. The molecule has 2 aromatic rings. The van der Waals surface area contributed by atoms with E-state index in [2.05, 4.69) is 33.2 Å². The van der Waals surface area contributed by atoms with Crippen molar-refractivity contribution in [3.8, 4) is 5.75 Å². The Bertz CT molecular complexity index is 547. The molecule has 0 fully saturated rings. The molecule has 0 amide bonds. The third-order valence-electron chi connectivity index (χ3n) is 2.35. The van der Waals surface area contributed by atoms with Crippen LogP contribution in [0.2, 0.25) is 0 Å². The van der Waals surface area contributed by atoms with Crippen LogP contribution in [0.1, 0.15) is 18.2 Å². The van der Waals surface area contributed by atoms with E-state index in [4.69, 9.17) is 4.74 Å². The highest BCUT2D eigenvalue weighted by molar-refractivity contribution is 9.10. The summed E-state index contributed by atoms with van der Waals surface area (Å²) in [4.78, 5) is 5.25. The highest BCUT2D eigenvalue weighted by Crippen LogP contribution is 2.23. The lowest BCUT2D eigenvalue weighted by Crippen LogP contribution is -1.97. The second-order valence-electron chi connectivity index (χ2n) is 3.92. The summed E-state index contributed by atoms with van der Waals surface area (Å²) in [6, 6.07) is 4.72. The van der Waals surface area contributed by atoms with E-state index in [0.717, 1.165) is 23.0 Å². The minimum Gasteiger partial charge on any atom is -0.488 e. The van der Waals surface area contributed by atoms with Gasteiger partial charge in [0.2, 0.25) is 0 Å². The van der Waals surface area contributed by atoms with Gasteiger partial charge in [0, 0.05) is 18.8 Å². The lowest BCUT2D eigenvalue weighted by molar-refractivity contribution is 0.308. The summed E-state index contributed by atoms with van der Waals surface area (Å²) < 4.78 is 19.3. The van der Waals surface area contributed by atoms with Crippen LogP contribution in [-0.2, 0) is 6.61 Å². The van der Waals surface area contributed by atoms with Crippen molar-refractivity contribution < 1.29 is 9.13 Å². The minimum absolute atomic E-state index is 0.327. The van der Waals surface area contributed by atoms with E-state index in [-0.39, 0.29) is 5.82 Å². The maximum absolute atomic E-state index is 13.3. The van der Waals surface area contributed by atoms with Gasteiger partial charge >= 0.3 is 0 Å². The standard InChI is InChI=1S/C13H14BrFN2OS/c1-2-5-16-13-17-7-10(19-13)8-18-9-3-4-11(14)12(15)6-9/h3-4,6-7H,2,5,8H2,1H3,(H,16,17). The van der Waals surface area contributed by atoms with Crippen molar-refractivity contribution in [3.05, 3.63) is 39.6 Å². The molecule has 0 saturated heterocycles. The molecule has 0 bridgehead atoms. The predicted octanol–water partition coefficient (Wildman–Crippen LogP) is 4.45. The molecule has 0 aliphatic heterocycles. The maximum Gasteiger partial charge on any atom is 0.182 e. The number of nitrogens with one attached hydrogen (secondary N) is 1. The highest BCUT2D eigenvalue weighted by atomic mass is 79.9. The Morgan fingerprint density at radius 3 is 3.05 bits per heavy atom. The molecule has 0 aliphatic rings. The lowest BCUT2D eigenvalue weighted by atomic mass is 10.3. The van der Waals surface area contributed by atoms with Crippen LogP contribution in [0.5, 0.6) is 5.75 Å². The molecule has 1 aromatic heterocycles. The van der Waals surface area contributed by atoms with Crippen LogP contribution in [0.4, 0.5) is 9.52 Å². The third kappa shape index (κ3) is 4.18. The first kappa shape index (κ1) is 14.3. The van der Waals surface area contributed by atoms with E-state index in [1.165, 1.54) is 6.07 Å². The molecule has 0 unspecified atom stereocenters. The number of rotatable bonds is 6. The first-order valence-corrected chi connectivity index (χ1v) is 7.56. The predicted molar refractivity (Wildman–Crippen MR) is 79.3 cm³/mol. The van der Waals surface area contributed by atoms with Gasteiger partial charge in [0.25, 0.3) is 0 Å². The van der Waals surface area contributed by atoms with Crippen LogP contribution < -0.4 is 10.1 Å². The SMILES string of the molecule is CCCNc1ncc(COc2ccc(Br)c(F)c2)s1. The fourth-order valence-electron chi connectivity index (χ4n) is 1.41. The third-order valence-corrected chi connectivity index (χ3v) is 3.92. The number of nitrogens with zero attached hydrogens (tertiary/aromatic N) is 1. The second kappa shape index (κ2) is 6.86. The van der Waals surface area contributed by atoms with E-state index < -0.39 is 0 Å². The number of ether oxygens (including phenoxy) is 1. The number of hydrogen-bond donors (Lipinski definition) is 1. The molecule has 1 N–H and O–H groups in total. The quantitative estimate of drug-likeness (QED) is 0.840. The van der Waals surface area contributed by atoms with E-state index in [1.54, 1.807) is 29.7 Å². The first-order valence-electron chi connectivity index (χ1n) is 5.95. The summed E-state index contributed by atoms with van der Waals surface area (Å²) >= 11 is 4.66. The second-order valence-corrected chi connectivity index (χ2v) is 5.89. The van der Waals surface area contributed by atoms with Crippen LogP contribution in [0.3, 0.4) is 0 Å². The van der Waals surface area contributed by atoms with Gasteiger partial charge in [-0.15, -0.1) is 0 Å². The molecule has 0 aliphatic carbocycles. The molecule has 0 saturated carbocycles. The van der Waals surface area contributed by atoms with Gasteiger partial charge in [-0.05, 0) is 34.5 Å². The van der Waals surface area contributed by atoms with Gasteiger partial charge in [0.15, 0.2) is 5.13 Å². The van der Waals surface area contributed by atoms with E-state index >= 15 is 0 Å². The Kier molecular flexibility index (Phi) is 5.15. The molecule has 1 heterocycles. The van der Waals surface area contributed by atoms with Crippen molar-refractivity contribution in [2.24, 2.45) is 0 Å². The average molecular weight is 345 g/mol. The topological polar surface area (TPSA) is 34.2 Å². The smallest absolute Gasteiger partial charge is 0.182 e. The molecule has 19 heavy (non-hydrogen) atoms. The van der Waals surface area contributed by atoms with Gasteiger partial charge in [-0.2, -0.15) is 0 Å². The monoisotopic (exact) mass is 344 g/mol. The number of benzene rings is 1. The van der Waals surface area contributed by atoms with Gasteiger partial charge in [0.1, 0.15) is 18.2 Å². The molecule has 0 spiro atoms. The summed E-state index contributed by atoms with van der Waals surface area (Å²) in [7, 11) is 0. The highest BCUT2D eigenvalue weighted by Gasteiger charge is 2.04. The van der Waals surface area contributed by atoms with Crippen molar-refractivity contribution in [2.45, 2.75) is 20.0 Å². The lowest BCUT2D eigenvalue weighted by Gasteiger charge is -2.04. The summed E-state index contributed by atoms with van der Waals surface area (Å²) in [6.45, 7) is 3.41. The minimum atomic E-state index is -0.327. The van der Waals surface area contributed by atoms with Crippen LogP contribution in [0.15, 0.2) is 28.9 Å². The van der Waals surface area contributed by atoms with Crippen molar-refractivity contribution in [1.82, 2.24) is 4.98 Å². The Morgan fingerprint density at radius 2 is 2.32 bits per heavy atom. The van der Waals surface area contributed by atoms with Gasteiger partial charge in [-0.1, -0.05) is 18.3 Å². The average Bonchev–Trinajstić information content (AvgIpc) is 2.86. The summed E-state index contributed by atoms with van der Waals surface area (Å²) in [5.74, 6) is 0.185. The zero-order valence-corrected chi connectivity index (χ0v) is 12.9. The molecular weight excluding hydrogens is 331 g/mol. The first-order chi connectivity index (χ1) is 9.19. The van der Waals surface area contributed by atoms with Gasteiger partial charge in [-0.3, -0.25) is 0 Å². The zero-order valence-electron chi connectivity index (χ0n) is 10.5. The number of hydrogen-bond acceptors (Lipinski definition) is 4. The number of thiazole rings is 1. The Balaban J connectivity index is 1.91. The Hall–Kier alpha value is -1.14. The van der Waals surface area contributed by atoms with Crippen molar-refractivity contribution in [1.29, 1.82) is 0 Å². The van der Waals surface area contributed by atoms with E-state index in [9.17, 15) is 4.39 Å². The molecule has 102 valence electrons. The molecule has 2 rings (SSSR count). The molecule has 0 radical (unpaired) electrons. The largest absolute Gasteiger partial charge is 0.488 e. The van der Waals surface area contributed by atoms with Crippen LogP contribution >= 0.6 is 27.3 Å². The Labute approximate surface area is 124 Å². The molecule has 1 aromatic carbocycles. The number of anilines is 1.